The van der Waals surface area contributed by atoms with E-state index in [9.17, 15) is 9.59 Å². The monoisotopic (exact) mass is 398 g/mol. The second kappa shape index (κ2) is 8.75. The van der Waals surface area contributed by atoms with Gasteiger partial charge in [-0.15, -0.1) is 0 Å². The van der Waals surface area contributed by atoms with Crippen LogP contribution in [0.25, 0.3) is 22.1 Å². The van der Waals surface area contributed by atoms with Gasteiger partial charge in [0.2, 0.25) is 11.5 Å². The number of nitrogens with one attached hydrogen (secondary N) is 2. The fourth-order valence-electron chi connectivity index (χ4n) is 3.86. The zero-order valence-electron chi connectivity index (χ0n) is 16.6. The zero-order chi connectivity index (χ0) is 20.2. The predicted molar refractivity (Wildman–Crippen MR) is 110 cm³/mol. The first-order valence-electron chi connectivity index (χ1n) is 10.0. The van der Waals surface area contributed by atoms with Crippen molar-refractivity contribution in [1.29, 1.82) is 0 Å². The number of para-hydroxylation sites is 1. The fraction of sp³-hybridized carbons (Fsp3) is 0.476. The molecule has 1 amide bonds. The first kappa shape index (κ1) is 19.6. The van der Waals surface area contributed by atoms with Gasteiger partial charge in [0.25, 0.3) is 5.56 Å². The Balaban J connectivity index is 1.38. The summed E-state index contributed by atoms with van der Waals surface area (Å²) in [4.78, 5) is 34.4. The topological polar surface area (TPSA) is 100 Å². The number of fused-ring (bicyclic) bond motifs is 3. The summed E-state index contributed by atoms with van der Waals surface area (Å²) in [6.45, 7) is 3.44. The van der Waals surface area contributed by atoms with Crippen LogP contribution in [0.1, 0.15) is 25.1 Å². The van der Waals surface area contributed by atoms with Gasteiger partial charge in [-0.05, 0) is 44.5 Å². The normalized spacial score (nSPS) is 15.9. The molecule has 1 aliphatic rings. The lowest BCUT2D eigenvalue weighted by Gasteiger charge is -2.30. The summed E-state index contributed by atoms with van der Waals surface area (Å²) in [6, 6.07) is 7.53. The maximum atomic E-state index is 12.4. The summed E-state index contributed by atoms with van der Waals surface area (Å²) in [6.07, 6.45) is 2.43. The fourth-order valence-corrected chi connectivity index (χ4v) is 3.86. The third-order valence-electron chi connectivity index (χ3n) is 5.44. The maximum absolute atomic E-state index is 12.4. The van der Waals surface area contributed by atoms with Crippen molar-refractivity contribution >= 4 is 28.0 Å². The number of hydrogen-bond donors (Lipinski definition) is 2. The number of nitrogens with zero attached hydrogens (tertiary/aromatic N) is 2. The van der Waals surface area contributed by atoms with Crippen molar-refractivity contribution < 1.29 is 13.9 Å². The molecule has 0 unspecified atom stereocenters. The van der Waals surface area contributed by atoms with Crippen LogP contribution in [-0.4, -0.2) is 54.1 Å². The minimum absolute atomic E-state index is 0.0427. The van der Waals surface area contributed by atoms with E-state index in [1.54, 1.807) is 7.11 Å². The van der Waals surface area contributed by atoms with Crippen LogP contribution in [0.5, 0.6) is 0 Å². The molecule has 8 nitrogen and oxygen atoms in total. The molecule has 29 heavy (non-hydrogen) atoms. The van der Waals surface area contributed by atoms with Crippen molar-refractivity contribution in [3.8, 4) is 0 Å². The molecule has 4 rings (SSSR count). The van der Waals surface area contributed by atoms with Crippen molar-refractivity contribution in [2.45, 2.75) is 25.8 Å². The van der Waals surface area contributed by atoms with Crippen LogP contribution >= 0.6 is 0 Å². The molecule has 0 radical (unpaired) electrons. The highest BCUT2D eigenvalue weighted by Crippen LogP contribution is 2.25. The lowest BCUT2D eigenvalue weighted by molar-refractivity contribution is -0.126. The summed E-state index contributed by atoms with van der Waals surface area (Å²) < 4.78 is 10.6. The van der Waals surface area contributed by atoms with E-state index in [0.29, 0.717) is 36.6 Å². The van der Waals surface area contributed by atoms with Crippen molar-refractivity contribution in [3.63, 3.8) is 0 Å². The Morgan fingerprint density at radius 2 is 2.14 bits per heavy atom. The number of carbonyl (C=O) groups is 1. The third-order valence-corrected chi connectivity index (χ3v) is 5.44. The molecule has 8 heteroatoms. The number of benzene rings is 1. The molecular formula is C21H26N4O4. The number of piperidine rings is 1. The number of aromatic amines is 1. The molecule has 0 atom stereocenters. The van der Waals surface area contributed by atoms with E-state index in [1.165, 1.54) is 0 Å². The molecule has 0 aliphatic carbocycles. The molecule has 1 aromatic carbocycles. The molecule has 3 aromatic rings. The first-order chi connectivity index (χ1) is 14.2. The highest BCUT2D eigenvalue weighted by Gasteiger charge is 2.25. The van der Waals surface area contributed by atoms with Crippen LogP contribution in [0.15, 0.2) is 33.5 Å². The van der Waals surface area contributed by atoms with Crippen LogP contribution in [-0.2, 0) is 16.1 Å². The zero-order valence-corrected chi connectivity index (χ0v) is 16.6. The Hall–Kier alpha value is -2.71. The Bertz CT molecular complexity index is 1050. The van der Waals surface area contributed by atoms with E-state index in [1.807, 2.05) is 24.3 Å². The van der Waals surface area contributed by atoms with E-state index in [4.69, 9.17) is 9.15 Å². The Morgan fingerprint density at radius 3 is 2.93 bits per heavy atom. The second-order valence-corrected chi connectivity index (χ2v) is 7.48. The van der Waals surface area contributed by atoms with Crippen molar-refractivity contribution in [1.82, 2.24) is 20.2 Å². The van der Waals surface area contributed by atoms with Crippen LogP contribution in [0.4, 0.5) is 0 Å². The minimum atomic E-state index is -0.258. The van der Waals surface area contributed by atoms with Gasteiger partial charge in [-0.25, -0.2) is 4.98 Å². The van der Waals surface area contributed by atoms with Gasteiger partial charge in [-0.3, -0.25) is 14.5 Å². The number of aromatic nitrogens is 2. The summed E-state index contributed by atoms with van der Waals surface area (Å²) in [5, 5.41) is 3.83. The molecule has 2 N–H and O–H groups in total. The summed E-state index contributed by atoms with van der Waals surface area (Å²) >= 11 is 0. The number of rotatable bonds is 7. The van der Waals surface area contributed by atoms with E-state index in [0.717, 1.165) is 37.7 Å². The average molecular weight is 398 g/mol. The van der Waals surface area contributed by atoms with Gasteiger partial charge in [0.05, 0.1) is 6.54 Å². The minimum Gasteiger partial charge on any atom is -0.449 e. The Morgan fingerprint density at radius 1 is 1.34 bits per heavy atom. The average Bonchev–Trinajstić information content (AvgIpc) is 3.11. The van der Waals surface area contributed by atoms with Gasteiger partial charge in [0.15, 0.2) is 0 Å². The smallest absolute Gasteiger partial charge is 0.294 e. The van der Waals surface area contributed by atoms with Gasteiger partial charge < -0.3 is 19.5 Å². The molecular weight excluding hydrogens is 372 g/mol. The molecule has 0 spiro atoms. The SMILES string of the molecule is COCCCNC(=O)C1CCN(Cc2nc3c(oc4ccccc43)c(=O)[nH]2)CC1. The molecule has 154 valence electrons. The summed E-state index contributed by atoms with van der Waals surface area (Å²) in [7, 11) is 1.66. The molecule has 0 saturated carbocycles. The lowest BCUT2D eigenvalue weighted by atomic mass is 9.96. The van der Waals surface area contributed by atoms with E-state index < -0.39 is 0 Å². The number of H-pyrrole nitrogens is 1. The summed E-state index contributed by atoms with van der Waals surface area (Å²) in [5.74, 6) is 0.788. The van der Waals surface area contributed by atoms with Gasteiger partial charge in [0, 0.05) is 31.6 Å². The highest BCUT2D eigenvalue weighted by atomic mass is 16.5. The third kappa shape index (κ3) is 4.33. The van der Waals surface area contributed by atoms with Gasteiger partial charge >= 0.3 is 0 Å². The van der Waals surface area contributed by atoms with Crippen LogP contribution in [0.3, 0.4) is 0 Å². The standard InChI is InChI=1S/C21H26N4O4/c1-28-12-4-9-22-20(26)14-7-10-25(11-8-14)13-17-23-18-15-5-2-3-6-16(15)29-19(18)21(27)24-17/h2-3,5-6,14H,4,7-13H2,1H3,(H,22,26)(H,23,24,27). The van der Waals surface area contributed by atoms with Gasteiger partial charge in [-0.2, -0.15) is 0 Å². The molecule has 0 bridgehead atoms. The maximum Gasteiger partial charge on any atom is 0.294 e. The number of furan rings is 1. The van der Waals surface area contributed by atoms with Gasteiger partial charge in [0.1, 0.15) is 16.9 Å². The van der Waals surface area contributed by atoms with Crippen molar-refractivity contribution in [2.24, 2.45) is 5.92 Å². The molecule has 3 heterocycles. The van der Waals surface area contributed by atoms with Crippen LogP contribution in [0.2, 0.25) is 0 Å². The molecule has 2 aromatic heterocycles. The molecule has 1 saturated heterocycles. The first-order valence-corrected chi connectivity index (χ1v) is 10.0. The van der Waals surface area contributed by atoms with Crippen molar-refractivity contribution in [3.05, 3.63) is 40.4 Å². The van der Waals surface area contributed by atoms with Crippen molar-refractivity contribution in [2.75, 3.05) is 33.4 Å². The molecule has 1 fully saturated rings. The lowest BCUT2D eigenvalue weighted by Crippen LogP contribution is -2.41. The number of hydrogen-bond acceptors (Lipinski definition) is 6. The van der Waals surface area contributed by atoms with Gasteiger partial charge in [-0.1, -0.05) is 12.1 Å². The van der Waals surface area contributed by atoms with E-state index >= 15 is 0 Å². The van der Waals surface area contributed by atoms with E-state index in [-0.39, 0.29) is 23.0 Å². The Labute approximate surface area is 168 Å². The number of amides is 1. The quantitative estimate of drug-likeness (QED) is 0.591. The highest BCUT2D eigenvalue weighted by molar-refractivity contribution is 6.01. The number of ether oxygens (including phenoxy) is 1. The largest absolute Gasteiger partial charge is 0.449 e. The Kier molecular flexibility index (Phi) is 5.92. The second-order valence-electron chi connectivity index (χ2n) is 7.48. The van der Waals surface area contributed by atoms with E-state index in [2.05, 4.69) is 20.2 Å². The predicted octanol–water partition coefficient (Wildman–Crippen LogP) is 2.03. The molecule has 1 aliphatic heterocycles. The summed E-state index contributed by atoms with van der Waals surface area (Å²) in [5.41, 5.74) is 1.27. The number of likely N-dealkylation sites (tertiary alicyclic amines) is 1. The van der Waals surface area contributed by atoms with Crippen LogP contribution < -0.4 is 10.9 Å². The van der Waals surface area contributed by atoms with Crippen LogP contribution in [0, 0.1) is 5.92 Å². The number of methoxy groups -OCH3 is 1. The number of carbonyl (C=O) groups excluding carboxylic acids is 1.